The molecule has 3 N–H and O–H groups in total. The largest absolute Gasteiger partial charge is 0.394 e. The van der Waals surface area contributed by atoms with E-state index in [0.717, 1.165) is 24.5 Å². The average molecular weight is 207 g/mol. The molecule has 0 spiro atoms. The molecular weight excluding hydrogens is 190 g/mol. The molecule has 0 saturated carbocycles. The molecule has 0 aromatic carbocycles. The first-order chi connectivity index (χ1) is 7.33. The van der Waals surface area contributed by atoms with E-state index in [1.807, 2.05) is 12.1 Å². The molecule has 2 rings (SSSR count). The van der Waals surface area contributed by atoms with Crippen LogP contribution in [0, 0.1) is 0 Å². The second kappa shape index (κ2) is 4.59. The standard InChI is InChI=1S/C11H17N3O/c12-10(8-15)9-4-3-5-13-11(9)14-6-1-2-7-14/h3-5,10,15H,1-2,6-8,12H2/t10-/m0/s1. The van der Waals surface area contributed by atoms with Gasteiger partial charge in [-0.25, -0.2) is 4.98 Å². The molecule has 0 amide bonds. The number of hydrogen-bond donors (Lipinski definition) is 2. The Balaban J connectivity index is 2.28. The monoisotopic (exact) mass is 207 g/mol. The summed E-state index contributed by atoms with van der Waals surface area (Å²) >= 11 is 0. The number of aromatic nitrogens is 1. The Kier molecular flexibility index (Phi) is 3.18. The maximum Gasteiger partial charge on any atom is 0.133 e. The van der Waals surface area contributed by atoms with Gasteiger partial charge in [-0.2, -0.15) is 0 Å². The highest BCUT2D eigenvalue weighted by Crippen LogP contribution is 2.25. The van der Waals surface area contributed by atoms with Crippen LogP contribution in [-0.4, -0.2) is 29.8 Å². The number of hydrogen-bond acceptors (Lipinski definition) is 4. The first-order valence-corrected chi connectivity index (χ1v) is 5.39. The zero-order valence-corrected chi connectivity index (χ0v) is 8.76. The van der Waals surface area contributed by atoms with Crippen LogP contribution in [0.2, 0.25) is 0 Å². The number of anilines is 1. The minimum absolute atomic E-state index is 0.0352. The van der Waals surface area contributed by atoms with Crippen molar-refractivity contribution in [1.29, 1.82) is 0 Å². The minimum atomic E-state index is -0.325. The highest BCUT2D eigenvalue weighted by atomic mass is 16.3. The van der Waals surface area contributed by atoms with Gasteiger partial charge in [0.1, 0.15) is 5.82 Å². The van der Waals surface area contributed by atoms with Gasteiger partial charge in [0.2, 0.25) is 0 Å². The van der Waals surface area contributed by atoms with Crippen LogP contribution in [0.15, 0.2) is 18.3 Å². The summed E-state index contributed by atoms with van der Waals surface area (Å²) in [5, 5.41) is 9.08. The van der Waals surface area contributed by atoms with Crippen LogP contribution in [0.1, 0.15) is 24.4 Å². The van der Waals surface area contributed by atoms with Crippen molar-refractivity contribution in [1.82, 2.24) is 4.98 Å². The Morgan fingerprint density at radius 2 is 2.20 bits per heavy atom. The molecule has 1 aliphatic heterocycles. The van der Waals surface area contributed by atoms with E-state index < -0.39 is 0 Å². The second-order valence-corrected chi connectivity index (χ2v) is 3.90. The number of nitrogens with two attached hydrogens (primary N) is 1. The van der Waals surface area contributed by atoms with Gasteiger partial charge in [0.05, 0.1) is 12.6 Å². The second-order valence-electron chi connectivity index (χ2n) is 3.90. The summed E-state index contributed by atoms with van der Waals surface area (Å²) in [6.07, 6.45) is 4.20. The maximum atomic E-state index is 9.08. The third-order valence-electron chi connectivity index (χ3n) is 2.82. The van der Waals surface area contributed by atoms with Crippen LogP contribution in [0.4, 0.5) is 5.82 Å². The number of pyridine rings is 1. The lowest BCUT2D eigenvalue weighted by molar-refractivity contribution is 0.268. The number of aliphatic hydroxyl groups is 1. The van der Waals surface area contributed by atoms with Gasteiger partial charge in [0.25, 0.3) is 0 Å². The molecule has 0 unspecified atom stereocenters. The van der Waals surface area contributed by atoms with Crippen molar-refractivity contribution in [3.63, 3.8) is 0 Å². The fourth-order valence-corrected chi connectivity index (χ4v) is 1.99. The molecule has 1 aliphatic rings. The first kappa shape index (κ1) is 10.4. The highest BCUT2D eigenvalue weighted by molar-refractivity contribution is 5.49. The molecule has 4 nitrogen and oxygen atoms in total. The van der Waals surface area contributed by atoms with E-state index in [1.165, 1.54) is 12.8 Å². The van der Waals surface area contributed by atoms with Gasteiger partial charge in [0, 0.05) is 24.8 Å². The van der Waals surface area contributed by atoms with Crippen molar-refractivity contribution in [2.24, 2.45) is 5.73 Å². The minimum Gasteiger partial charge on any atom is -0.394 e. The van der Waals surface area contributed by atoms with Gasteiger partial charge in [-0.05, 0) is 18.9 Å². The van der Waals surface area contributed by atoms with Crippen LogP contribution < -0.4 is 10.6 Å². The lowest BCUT2D eigenvalue weighted by Gasteiger charge is -2.21. The number of aliphatic hydroxyl groups excluding tert-OH is 1. The zero-order valence-electron chi connectivity index (χ0n) is 8.76. The molecule has 0 radical (unpaired) electrons. The Morgan fingerprint density at radius 3 is 2.87 bits per heavy atom. The fraction of sp³-hybridized carbons (Fsp3) is 0.545. The highest BCUT2D eigenvalue weighted by Gasteiger charge is 2.19. The summed E-state index contributed by atoms with van der Waals surface area (Å²) in [4.78, 5) is 6.61. The molecule has 0 aliphatic carbocycles. The van der Waals surface area contributed by atoms with Gasteiger partial charge < -0.3 is 15.7 Å². The number of nitrogens with zero attached hydrogens (tertiary/aromatic N) is 2. The van der Waals surface area contributed by atoms with E-state index in [-0.39, 0.29) is 12.6 Å². The summed E-state index contributed by atoms with van der Waals surface area (Å²) in [6.45, 7) is 2.05. The molecule has 1 saturated heterocycles. The van der Waals surface area contributed by atoms with Crippen LogP contribution >= 0.6 is 0 Å². The Bertz CT molecular complexity index is 323. The molecule has 0 bridgehead atoms. The molecule has 1 aromatic heterocycles. The van der Waals surface area contributed by atoms with Crippen LogP contribution in [0.3, 0.4) is 0 Å². The van der Waals surface area contributed by atoms with Crippen molar-refractivity contribution in [3.8, 4) is 0 Å². The van der Waals surface area contributed by atoms with Crippen molar-refractivity contribution in [2.45, 2.75) is 18.9 Å². The first-order valence-electron chi connectivity index (χ1n) is 5.39. The molecule has 4 heteroatoms. The molecule has 2 heterocycles. The summed E-state index contributed by atoms with van der Waals surface area (Å²) in [6, 6.07) is 3.49. The molecule has 1 fully saturated rings. The SMILES string of the molecule is N[C@@H](CO)c1cccnc1N1CCCC1. The molecule has 1 atom stereocenters. The van der Waals surface area contributed by atoms with Gasteiger partial charge in [-0.1, -0.05) is 6.07 Å². The summed E-state index contributed by atoms with van der Waals surface area (Å²) < 4.78 is 0. The van der Waals surface area contributed by atoms with Gasteiger partial charge in [-0.15, -0.1) is 0 Å². The summed E-state index contributed by atoms with van der Waals surface area (Å²) in [5.41, 5.74) is 6.79. The van der Waals surface area contributed by atoms with Crippen molar-refractivity contribution < 1.29 is 5.11 Å². The fourth-order valence-electron chi connectivity index (χ4n) is 1.99. The van der Waals surface area contributed by atoms with Gasteiger partial charge in [0.15, 0.2) is 0 Å². The van der Waals surface area contributed by atoms with E-state index in [1.54, 1.807) is 6.20 Å². The topological polar surface area (TPSA) is 62.4 Å². The van der Waals surface area contributed by atoms with Gasteiger partial charge in [-0.3, -0.25) is 0 Å². The van der Waals surface area contributed by atoms with E-state index in [2.05, 4.69) is 9.88 Å². The molecule has 82 valence electrons. The normalized spacial score (nSPS) is 18.1. The smallest absolute Gasteiger partial charge is 0.133 e. The van der Waals surface area contributed by atoms with E-state index in [0.29, 0.717) is 0 Å². The Hall–Kier alpha value is -1.13. The lowest BCUT2D eigenvalue weighted by Crippen LogP contribution is -2.24. The van der Waals surface area contributed by atoms with Crippen molar-refractivity contribution in [3.05, 3.63) is 23.9 Å². The van der Waals surface area contributed by atoms with Crippen molar-refractivity contribution >= 4 is 5.82 Å². The Labute approximate surface area is 89.7 Å². The predicted molar refractivity (Wildman–Crippen MR) is 59.7 cm³/mol. The number of rotatable bonds is 3. The third-order valence-corrected chi connectivity index (χ3v) is 2.82. The maximum absolute atomic E-state index is 9.08. The van der Waals surface area contributed by atoms with Gasteiger partial charge >= 0.3 is 0 Å². The van der Waals surface area contributed by atoms with Crippen molar-refractivity contribution in [2.75, 3.05) is 24.6 Å². The third kappa shape index (κ3) is 2.11. The van der Waals surface area contributed by atoms with E-state index in [4.69, 9.17) is 10.8 Å². The van der Waals surface area contributed by atoms with Crippen LogP contribution in [0.25, 0.3) is 0 Å². The quantitative estimate of drug-likeness (QED) is 0.765. The molecule has 15 heavy (non-hydrogen) atoms. The lowest BCUT2D eigenvalue weighted by atomic mass is 10.1. The van der Waals surface area contributed by atoms with Crippen LogP contribution in [-0.2, 0) is 0 Å². The van der Waals surface area contributed by atoms with Crippen LogP contribution in [0.5, 0.6) is 0 Å². The summed E-state index contributed by atoms with van der Waals surface area (Å²) in [5.74, 6) is 0.941. The van der Waals surface area contributed by atoms with E-state index >= 15 is 0 Å². The predicted octanol–water partition coefficient (Wildman–Crippen LogP) is 0.674. The van der Waals surface area contributed by atoms with E-state index in [9.17, 15) is 0 Å². The molecular formula is C11H17N3O. The average Bonchev–Trinajstić information content (AvgIpc) is 2.81. The molecule has 1 aromatic rings. The Morgan fingerprint density at radius 1 is 1.47 bits per heavy atom. The zero-order chi connectivity index (χ0) is 10.7. The summed E-state index contributed by atoms with van der Waals surface area (Å²) in [7, 11) is 0.